The van der Waals surface area contributed by atoms with Crippen molar-refractivity contribution in [3.8, 4) is 0 Å². The third-order valence-electron chi connectivity index (χ3n) is 1.41. The number of hydrogen-bond donors (Lipinski definition) is 2. The molecule has 0 bridgehead atoms. The maximum atomic E-state index is 4.97. The van der Waals surface area contributed by atoms with Crippen LogP contribution in [-0.2, 0) is 0 Å². The van der Waals surface area contributed by atoms with Gasteiger partial charge in [0, 0.05) is 5.71 Å². The number of nitrogens with zero attached hydrogens (tertiary/aromatic N) is 1. The molecule has 0 atom stereocenters. The molecule has 1 rings (SSSR count). The fraction of sp³-hybridized carbons (Fsp3) is 0.200. The Labute approximate surface area is 89.2 Å². The second-order valence-electron chi connectivity index (χ2n) is 2.98. The van der Waals surface area contributed by atoms with Crippen molar-refractivity contribution in [2.24, 2.45) is 4.99 Å². The fourth-order valence-electron chi connectivity index (χ4n) is 0.878. The predicted molar refractivity (Wildman–Crippen MR) is 64.6 cm³/mol. The van der Waals surface area contributed by atoms with E-state index in [1.807, 2.05) is 44.2 Å². The summed E-state index contributed by atoms with van der Waals surface area (Å²) in [5.74, 6) is 0. The molecule has 0 aliphatic heterocycles. The predicted octanol–water partition coefficient (Wildman–Crippen LogP) is 2.37. The fourth-order valence-corrected chi connectivity index (χ4v) is 1.11. The van der Waals surface area contributed by atoms with Crippen LogP contribution in [0.15, 0.2) is 35.3 Å². The highest BCUT2D eigenvalue weighted by atomic mass is 32.1. The molecule has 1 aromatic rings. The largest absolute Gasteiger partial charge is 0.299 e. The third kappa shape index (κ3) is 4.00. The quantitative estimate of drug-likeness (QED) is 0.444. The highest BCUT2D eigenvalue weighted by Crippen LogP contribution is 2.02. The zero-order chi connectivity index (χ0) is 10.4. The summed E-state index contributed by atoms with van der Waals surface area (Å²) >= 11 is 4.97. The van der Waals surface area contributed by atoms with Crippen LogP contribution in [0.3, 0.4) is 0 Å². The van der Waals surface area contributed by atoms with Crippen molar-refractivity contribution < 1.29 is 0 Å². The summed E-state index contributed by atoms with van der Waals surface area (Å²) in [6.07, 6.45) is 0. The molecular formula is C10H13N3S. The van der Waals surface area contributed by atoms with Gasteiger partial charge in [-0.15, -0.1) is 0 Å². The summed E-state index contributed by atoms with van der Waals surface area (Å²) in [7, 11) is 0. The van der Waals surface area contributed by atoms with E-state index in [4.69, 9.17) is 12.2 Å². The minimum Gasteiger partial charge on any atom is -0.299 e. The van der Waals surface area contributed by atoms with E-state index in [9.17, 15) is 0 Å². The van der Waals surface area contributed by atoms with Crippen molar-refractivity contribution in [2.75, 3.05) is 5.43 Å². The van der Waals surface area contributed by atoms with Crippen molar-refractivity contribution in [1.29, 1.82) is 0 Å². The minimum absolute atomic E-state index is 0.439. The second kappa shape index (κ2) is 5.34. The first-order valence-corrected chi connectivity index (χ1v) is 4.72. The summed E-state index contributed by atoms with van der Waals surface area (Å²) in [6, 6.07) is 9.73. The van der Waals surface area contributed by atoms with Crippen molar-refractivity contribution in [3.05, 3.63) is 30.3 Å². The zero-order valence-electron chi connectivity index (χ0n) is 8.24. The standard InChI is InChI=1S/C10H13N3S/c1-8(2)11-10(14)13-12-9-6-4-3-5-7-9/h3-7,12H,1-2H3,(H,13,14). The van der Waals surface area contributed by atoms with Gasteiger partial charge in [-0.2, -0.15) is 0 Å². The van der Waals surface area contributed by atoms with Crippen molar-refractivity contribution in [2.45, 2.75) is 13.8 Å². The first kappa shape index (κ1) is 10.7. The molecule has 4 heteroatoms. The first-order chi connectivity index (χ1) is 6.68. The second-order valence-corrected chi connectivity index (χ2v) is 3.37. The Morgan fingerprint density at radius 2 is 1.86 bits per heavy atom. The lowest BCUT2D eigenvalue weighted by Crippen LogP contribution is -2.26. The molecular weight excluding hydrogens is 194 g/mol. The van der Waals surface area contributed by atoms with E-state index in [-0.39, 0.29) is 0 Å². The van der Waals surface area contributed by atoms with Gasteiger partial charge in [-0.25, -0.2) is 4.99 Å². The molecule has 14 heavy (non-hydrogen) atoms. The number of hydrazine groups is 1. The number of thiocarbonyl (C=S) groups is 1. The lowest BCUT2D eigenvalue weighted by molar-refractivity contribution is 1.13. The molecule has 0 aliphatic carbocycles. The van der Waals surface area contributed by atoms with Crippen molar-refractivity contribution in [1.82, 2.24) is 5.43 Å². The number of nitrogens with one attached hydrogen (secondary N) is 2. The molecule has 0 aliphatic rings. The molecule has 0 saturated heterocycles. The van der Waals surface area contributed by atoms with E-state index >= 15 is 0 Å². The molecule has 0 amide bonds. The Bertz CT molecular complexity index is 328. The van der Waals surface area contributed by atoms with Crippen LogP contribution < -0.4 is 10.9 Å². The van der Waals surface area contributed by atoms with Gasteiger partial charge in [0.1, 0.15) is 0 Å². The molecule has 0 saturated carbocycles. The summed E-state index contributed by atoms with van der Waals surface area (Å²) in [5, 5.41) is 0.439. The number of benzene rings is 1. The molecule has 74 valence electrons. The number of para-hydroxylation sites is 1. The van der Waals surface area contributed by atoms with Crippen LogP contribution in [0.2, 0.25) is 0 Å². The van der Waals surface area contributed by atoms with Gasteiger partial charge < -0.3 is 0 Å². The minimum atomic E-state index is 0.439. The SMILES string of the molecule is CC(C)=NC(=S)NNc1ccccc1. The molecule has 2 N–H and O–H groups in total. The van der Waals surface area contributed by atoms with E-state index in [2.05, 4.69) is 15.8 Å². The summed E-state index contributed by atoms with van der Waals surface area (Å²) in [5.41, 5.74) is 7.66. The Balaban J connectivity index is 2.42. The highest BCUT2D eigenvalue weighted by molar-refractivity contribution is 7.80. The summed E-state index contributed by atoms with van der Waals surface area (Å²) in [4.78, 5) is 4.07. The molecule has 3 nitrogen and oxygen atoms in total. The summed E-state index contributed by atoms with van der Waals surface area (Å²) in [6.45, 7) is 3.80. The van der Waals surface area contributed by atoms with E-state index in [1.54, 1.807) is 0 Å². The van der Waals surface area contributed by atoms with E-state index in [0.717, 1.165) is 11.4 Å². The summed E-state index contributed by atoms with van der Waals surface area (Å²) < 4.78 is 0. The van der Waals surface area contributed by atoms with Crippen LogP contribution in [0, 0.1) is 0 Å². The van der Waals surface area contributed by atoms with Crippen LogP contribution in [-0.4, -0.2) is 10.8 Å². The van der Waals surface area contributed by atoms with Gasteiger partial charge in [0.15, 0.2) is 0 Å². The molecule has 0 spiro atoms. The topological polar surface area (TPSA) is 36.4 Å². The number of rotatable bonds is 2. The van der Waals surface area contributed by atoms with Crippen LogP contribution in [0.5, 0.6) is 0 Å². The van der Waals surface area contributed by atoms with E-state index in [0.29, 0.717) is 5.11 Å². The average Bonchev–Trinajstić information content (AvgIpc) is 2.15. The lowest BCUT2D eigenvalue weighted by atomic mass is 10.3. The maximum absolute atomic E-state index is 4.97. The highest BCUT2D eigenvalue weighted by Gasteiger charge is 1.91. The number of aliphatic imine (C=N–C) groups is 1. The molecule has 0 radical (unpaired) electrons. The van der Waals surface area contributed by atoms with Crippen molar-refractivity contribution >= 4 is 28.7 Å². The van der Waals surface area contributed by atoms with Gasteiger partial charge in [0.25, 0.3) is 0 Å². The normalized spacial score (nSPS) is 9.00. The third-order valence-corrected chi connectivity index (χ3v) is 1.61. The van der Waals surface area contributed by atoms with Crippen LogP contribution in [0.4, 0.5) is 5.69 Å². The van der Waals surface area contributed by atoms with Crippen LogP contribution in [0.25, 0.3) is 0 Å². The lowest BCUT2D eigenvalue weighted by Gasteiger charge is -2.07. The van der Waals surface area contributed by atoms with Gasteiger partial charge in [-0.05, 0) is 38.2 Å². The van der Waals surface area contributed by atoms with Gasteiger partial charge in [0.05, 0.1) is 5.69 Å². The monoisotopic (exact) mass is 207 g/mol. The van der Waals surface area contributed by atoms with E-state index in [1.165, 1.54) is 0 Å². The van der Waals surface area contributed by atoms with Gasteiger partial charge in [-0.3, -0.25) is 10.9 Å². The molecule has 0 aromatic heterocycles. The first-order valence-electron chi connectivity index (χ1n) is 4.31. The number of hydrogen-bond acceptors (Lipinski definition) is 2. The van der Waals surface area contributed by atoms with Gasteiger partial charge in [0.2, 0.25) is 5.11 Å². The van der Waals surface area contributed by atoms with Gasteiger partial charge >= 0.3 is 0 Å². The molecule has 0 unspecified atom stereocenters. The average molecular weight is 207 g/mol. The Morgan fingerprint density at radius 1 is 1.21 bits per heavy atom. The van der Waals surface area contributed by atoms with Gasteiger partial charge in [-0.1, -0.05) is 18.2 Å². The molecule has 0 fully saturated rings. The Kier molecular flexibility index (Phi) is 4.07. The van der Waals surface area contributed by atoms with E-state index < -0.39 is 0 Å². The number of anilines is 1. The van der Waals surface area contributed by atoms with Crippen molar-refractivity contribution in [3.63, 3.8) is 0 Å². The maximum Gasteiger partial charge on any atom is 0.211 e. The van der Waals surface area contributed by atoms with Crippen LogP contribution in [0.1, 0.15) is 13.8 Å². The Hall–Kier alpha value is -1.42. The molecule has 0 heterocycles. The zero-order valence-corrected chi connectivity index (χ0v) is 9.06. The smallest absolute Gasteiger partial charge is 0.211 e. The van der Waals surface area contributed by atoms with Crippen LogP contribution >= 0.6 is 12.2 Å². The molecule has 1 aromatic carbocycles. The Morgan fingerprint density at radius 3 is 2.43 bits per heavy atom.